The molecular formula is C9H9ClN2. The van der Waals surface area contributed by atoms with E-state index in [1.54, 1.807) is 4.68 Å². The second-order valence-corrected chi connectivity index (χ2v) is 2.98. The Morgan fingerprint density at radius 3 is 2.83 bits per heavy atom. The zero-order valence-electron chi connectivity index (χ0n) is 6.79. The SMILES string of the molecule is CCn1nc2ccccc2c1Cl. The van der Waals surface area contributed by atoms with Gasteiger partial charge in [-0.15, -0.1) is 0 Å². The first-order chi connectivity index (χ1) is 5.83. The lowest BCUT2D eigenvalue weighted by molar-refractivity contribution is 0.669. The molecule has 0 fully saturated rings. The van der Waals surface area contributed by atoms with Crippen molar-refractivity contribution in [2.75, 3.05) is 0 Å². The first kappa shape index (κ1) is 7.62. The minimum absolute atomic E-state index is 0.730. The quantitative estimate of drug-likeness (QED) is 0.660. The Hall–Kier alpha value is -1.02. The maximum atomic E-state index is 6.06. The first-order valence-corrected chi connectivity index (χ1v) is 4.31. The normalized spacial score (nSPS) is 10.8. The van der Waals surface area contributed by atoms with Crippen LogP contribution in [0.4, 0.5) is 0 Å². The standard InChI is InChI=1S/C9H9ClN2/c1-2-12-9(10)7-5-3-4-6-8(7)11-12/h3-6H,2H2,1H3. The molecule has 0 saturated heterocycles. The topological polar surface area (TPSA) is 17.8 Å². The molecule has 0 aliphatic carbocycles. The van der Waals surface area contributed by atoms with E-state index in [4.69, 9.17) is 11.6 Å². The van der Waals surface area contributed by atoms with E-state index in [2.05, 4.69) is 5.10 Å². The molecule has 0 spiro atoms. The van der Waals surface area contributed by atoms with Crippen molar-refractivity contribution < 1.29 is 0 Å². The minimum Gasteiger partial charge on any atom is -0.253 e. The number of rotatable bonds is 1. The summed E-state index contributed by atoms with van der Waals surface area (Å²) in [5, 5.41) is 6.07. The lowest BCUT2D eigenvalue weighted by Gasteiger charge is -1.93. The van der Waals surface area contributed by atoms with E-state index in [0.29, 0.717) is 0 Å². The molecule has 0 aliphatic heterocycles. The number of halogens is 1. The summed E-state index contributed by atoms with van der Waals surface area (Å²) in [6.45, 7) is 2.84. The molecule has 62 valence electrons. The fourth-order valence-electron chi connectivity index (χ4n) is 1.26. The smallest absolute Gasteiger partial charge is 0.134 e. The molecule has 2 aromatic rings. The average molecular weight is 181 g/mol. The van der Waals surface area contributed by atoms with E-state index < -0.39 is 0 Å². The van der Waals surface area contributed by atoms with Crippen LogP contribution in [0.1, 0.15) is 6.92 Å². The second-order valence-electron chi connectivity index (χ2n) is 2.62. The number of fused-ring (bicyclic) bond motifs is 1. The summed E-state index contributed by atoms with van der Waals surface area (Å²) in [5.41, 5.74) is 0.962. The molecule has 0 atom stereocenters. The molecule has 2 nitrogen and oxygen atoms in total. The summed E-state index contributed by atoms with van der Waals surface area (Å²) in [7, 11) is 0. The first-order valence-electron chi connectivity index (χ1n) is 3.94. The van der Waals surface area contributed by atoms with E-state index in [1.807, 2.05) is 31.2 Å². The molecule has 0 unspecified atom stereocenters. The Kier molecular flexibility index (Phi) is 1.77. The fourth-order valence-corrected chi connectivity index (χ4v) is 1.57. The monoisotopic (exact) mass is 180 g/mol. The van der Waals surface area contributed by atoms with E-state index in [0.717, 1.165) is 22.6 Å². The highest BCUT2D eigenvalue weighted by atomic mass is 35.5. The van der Waals surface area contributed by atoms with Crippen molar-refractivity contribution in [1.82, 2.24) is 9.78 Å². The van der Waals surface area contributed by atoms with Crippen molar-refractivity contribution in [1.29, 1.82) is 0 Å². The van der Waals surface area contributed by atoms with Crippen LogP contribution in [-0.4, -0.2) is 9.78 Å². The van der Waals surface area contributed by atoms with Gasteiger partial charge in [0.15, 0.2) is 0 Å². The maximum absolute atomic E-state index is 6.06. The van der Waals surface area contributed by atoms with E-state index in [-0.39, 0.29) is 0 Å². The zero-order chi connectivity index (χ0) is 8.55. The van der Waals surface area contributed by atoms with Gasteiger partial charge in [-0.2, -0.15) is 5.10 Å². The molecule has 1 aromatic carbocycles. The van der Waals surface area contributed by atoms with Gasteiger partial charge in [0, 0.05) is 11.9 Å². The number of hydrogen-bond donors (Lipinski definition) is 0. The van der Waals surface area contributed by atoms with E-state index in [1.165, 1.54) is 0 Å². The second kappa shape index (κ2) is 2.79. The van der Waals surface area contributed by atoms with Gasteiger partial charge in [0.25, 0.3) is 0 Å². The Labute approximate surface area is 75.8 Å². The lowest BCUT2D eigenvalue weighted by atomic mass is 10.3. The van der Waals surface area contributed by atoms with Crippen molar-refractivity contribution in [3.8, 4) is 0 Å². The lowest BCUT2D eigenvalue weighted by Crippen LogP contribution is -1.94. The number of benzene rings is 1. The summed E-state index contributed by atoms with van der Waals surface area (Å²) in [4.78, 5) is 0. The molecule has 0 amide bonds. The molecule has 0 aliphatic rings. The summed E-state index contributed by atoms with van der Waals surface area (Å²) < 4.78 is 1.80. The van der Waals surface area contributed by atoms with Crippen LogP contribution in [0.25, 0.3) is 10.9 Å². The number of aromatic nitrogens is 2. The zero-order valence-corrected chi connectivity index (χ0v) is 7.54. The molecule has 0 N–H and O–H groups in total. The molecule has 3 heteroatoms. The Bertz CT molecular complexity index is 406. The van der Waals surface area contributed by atoms with Crippen LogP contribution in [0.2, 0.25) is 5.15 Å². The maximum Gasteiger partial charge on any atom is 0.134 e. The van der Waals surface area contributed by atoms with Gasteiger partial charge >= 0.3 is 0 Å². The Morgan fingerprint density at radius 2 is 2.17 bits per heavy atom. The molecule has 0 bridgehead atoms. The molecule has 0 radical (unpaired) electrons. The predicted molar refractivity (Wildman–Crippen MR) is 50.4 cm³/mol. The highest BCUT2D eigenvalue weighted by molar-refractivity contribution is 6.34. The van der Waals surface area contributed by atoms with Gasteiger partial charge in [0.1, 0.15) is 5.15 Å². The van der Waals surface area contributed by atoms with E-state index >= 15 is 0 Å². The van der Waals surface area contributed by atoms with E-state index in [9.17, 15) is 0 Å². The Morgan fingerprint density at radius 1 is 1.42 bits per heavy atom. The molecular weight excluding hydrogens is 172 g/mol. The van der Waals surface area contributed by atoms with Crippen LogP contribution in [-0.2, 0) is 6.54 Å². The van der Waals surface area contributed by atoms with Crippen LogP contribution in [0.5, 0.6) is 0 Å². The third kappa shape index (κ3) is 0.994. The number of hydrogen-bond acceptors (Lipinski definition) is 1. The minimum atomic E-state index is 0.730. The molecule has 12 heavy (non-hydrogen) atoms. The van der Waals surface area contributed by atoms with Gasteiger partial charge in [-0.25, -0.2) is 0 Å². The largest absolute Gasteiger partial charge is 0.253 e. The summed E-state index contributed by atoms with van der Waals surface area (Å²) in [6.07, 6.45) is 0. The van der Waals surface area contributed by atoms with Gasteiger partial charge in [0.2, 0.25) is 0 Å². The van der Waals surface area contributed by atoms with Gasteiger partial charge in [0.05, 0.1) is 5.52 Å². The Balaban J connectivity index is 2.78. The van der Waals surface area contributed by atoms with Crippen molar-refractivity contribution in [3.63, 3.8) is 0 Å². The fraction of sp³-hybridized carbons (Fsp3) is 0.222. The third-order valence-electron chi connectivity index (χ3n) is 1.88. The molecule has 1 heterocycles. The molecule has 2 rings (SSSR count). The summed E-state index contributed by atoms with van der Waals surface area (Å²) in [5.74, 6) is 0. The van der Waals surface area contributed by atoms with Crippen LogP contribution < -0.4 is 0 Å². The van der Waals surface area contributed by atoms with Gasteiger partial charge < -0.3 is 0 Å². The summed E-state index contributed by atoms with van der Waals surface area (Å²) >= 11 is 6.06. The van der Waals surface area contributed by atoms with Crippen LogP contribution in [0.15, 0.2) is 24.3 Å². The van der Waals surface area contributed by atoms with Crippen molar-refractivity contribution in [2.24, 2.45) is 0 Å². The van der Waals surface area contributed by atoms with Crippen LogP contribution >= 0.6 is 11.6 Å². The number of nitrogens with zero attached hydrogens (tertiary/aromatic N) is 2. The van der Waals surface area contributed by atoms with Gasteiger partial charge in [-0.3, -0.25) is 4.68 Å². The van der Waals surface area contributed by atoms with Crippen molar-refractivity contribution in [3.05, 3.63) is 29.4 Å². The van der Waals surface area contributed by atoms with Crippen molar-refractivity contribution in [2.45, 2.75) is 13.5 Å². The van der Waals surface area contributed by atoms with Gasteiger partial charge in [-0.1, -0.05) is 23.7 Å². The predicted octanol–water partition coefficient (Wildman–Crippen LogP) is 2.71. The van der Waals surface area contributed by atoms with Gasteiger partial charge in [-0.05, 0) is 19.1 Å². The summed E-state index contributed by atoms with van der Waals surface area (Å²) in [6, 6.07) is 7.88. The molecule has 0 saturated carbocycles. The third-order valence-corrected chi connectivity index (χ3v) is 2.28. The van der Waals surface area contributed by atoms with Crippen LogP contribution in [0, 0.1) is 0 Å². The highest BCUT2D eigenvalue weighted by Crippen LogP contribution is 2.22. The van der Waals surface area contributed by atoms with Crippen LogP contribution in [0.3, 0.4) is 0 Å². The number of aryl methyl sites for hydroxylation is 1. The van der Waals surface area contributed by atoms with Crippen molar-refractivity contribution >= 4 is 22.5 Å². The molecule has 1 aromatic heterocycles. The average Bonchev–Trinajstić information content (AvgIpc) is 2.44. The highest BCUT2D eigenvalue weighted by Gasteiger charge is 2.05.